The van der Waals surface area contributed by atoms with Gasteiger partial charge in [0.05, 0.1) is 6.54 Å². The van der Waals surface area contributed by atoms with Crippen molar-refractivity contribution in [2.24, 2.45) is 0 Å². The van der Waals surface area contributed by atoms with Crippen LogP contribution < -0.4 is 5.32 Å². The van der Waals surface area contributed by atoms with Crippen molar-refractivity contribution in [2.45, 2.75) is 18.6 Å². The van der Waals surface area contributed by atoms with Crippen LogP contribution in [0.4, 0.5) is 18.0 Å². The van der Waals surface area contributed by atoms with Crippen molar-refractivity contribution in [3.05, 3.63) is 0 Å². The second-order valence-corrected chi connectivity index (χ2v) is 4.73. The van der Waals surface area contributed by atoms with E-state index < -0.39 is 37.4 Å². The van der Waals surface area contributed by atoms with Gasteiger partial charge in [-0.25, -0.2) is 9.59 Å². The zero-order valence-corrected chi connectivity index (χ0v) is 11.3. The number of alkyl halides is 3. The van der Waals surface area contributed by atoms with E-state index in [0.717, 1.165) is 0 Å². The zero-order chi connectivity index (χ0) is 16.0. The van der Waals surface area contributed by atoms with Crippen molar-refractivity contribution in [3.8, 4) is 0 Å². The molecule has 0 bridgehead atoms. The number of nitrogens with zero attached hydrogens (tertiary/aromatic N) is 2. The Labute approximate surface area is 119 Å². The molecule has 0 radical (unpaired) electrons. The second kappa shape index (κ2) is 7.46. The molecule has 0 aromatic carbocycles. The molecule has 7 nitrogen and oxygen atoms in total. The summed E-state index contributed by atoms with van der Waals surface area (Å²) in [6, 6.07) is -1.86. The van der Waals surface area contributed by atoms with Gasteiger partial charge in [-0.15, -0.1) is 0 Å². The summed E-state index contributed by atoms with van der Waals surface area (Å²) in [7, 11) is 0. The normalized spacial score (nSPS) is 18.4. The van der Waals surface area contributed by atoms with E-state index in [4.69, 9.17) is 10.2 Å². The quantitative estimate of drug-likeness (QED) is 0.649. The minimum atomic E-state index is -4.28. The van der Waals surface area contributed by atoms with Crippen LogP contribution in [0.15, 0.2) is 0 Å². The second-order valence-electron chi connectivity index (χ2n) is 4.73. The smallest absolute Gasteiger partial charge is 0.401 e. The monoisotopic (exact) mass is 313 g/mol. The molecule has 0 saturated carbocycles. The fourth-order valence-corrected chi connectivity index (χ4v) is 1.99. The van der Waals surface area contributed by atoms with Crippen LogP contribution in [0.2, 0.25) is 0 Å². The standard InChI is InChI=1S/C11H18F3N3O4/c12-11(13,14)7-16-2-4-17(5-3-16)10(21)15-8(1-6-18)9(19)20/h8,18H,1-7H2,(H,15,21)(H,19,20). The fourth-order valence-electron chi connectivity index (χ4n) is 1.99. The SMILES string of the molecule is O=C(O)C(CCO)NC(=O)N1CCN(CC(F)(F)F)CC1. The maximum atomic E-state index is 12.2. The third kappa shape index (κ3) is 6.17. The number of aliphatic hydroxyl groups excluding tert-OH is 1. The first-order chi connectivity index (χ1) is 9.73. The Balaban J connectivity index is 2.42. The van der Waals surface area contributed by atoms with Gasteiger partial charge in [0.15, 0.2) is 0 Å². The molecule has 122 valence electrons. The molecular weight excluding hydrogens is 295 g/mol. The van der Waals surface area contributed by atoms with Gasteiger partial charge in [-0.2, -0.15) is 13.2 Å². The molecule has 10 heteroatoms. The molecule has 1 aliphatic heterocycles. The van der Waals surface area contributed by atoms with Crippen LogP contribution in [-0.2, 0) is 4.79 Å². The number of aliphatic hydroxyl groups is 1. The van der Waals surface area contributed by atoms with Gasteiger partial charge in [0.1, 0.15) is 6.04 Å². The van der Waals surface area contributed by atoms with Gasteiger partial charge in [0.25, 0.3) is 0 Å². The number of amides is 2. The van der Waals surface area contributed by atoms with Gasteiger partial charge in [0, 0.05) is 39.2 Å². The molecule has 0 spiro atoms. The fraction of sp³-hybridized carbons (Fsp3) is 0.818. The van der Waals surface area contributed by atoms with Crippen LogP contribution in [-0.4, -0.2) is 83.6 Å². The van der Waals surface area contributed by atoms with E-state index in [1.165, 1.54) is 9.80 Å². The molecule has 1 atom stereocenters. The number of hydrogen-bond donors (Lipinski definition) is 3. The van der Waals surface area contributed by atoms with E-state index in [2.05, 4.69) is 5.32 Å². The Hall–Kier alpha value is -1.55. The molecule has 1 rings (SSSR count). The number of carbonyl (C=O) groups is 2. The van der Waals surface area contributed by atoms with Crippen molar-refractivity contribution in [1.82, 2.24) is 15.1 Å². The third-order valence-electron chi connectivity index (χ3n) is 3.08. The number of aliphatic carboxylic acids is 1. The van der Waals surface area contributed by atoms with Gasteiger partial charge in [-0.1, -0.05) is 0 Å². The van der Waals surface area contributed by atoms with E-state index in [-0.39, 0.29) is 32.6 Å². The Morgan fingerprint density at radius 1 is 1.19 bits per heavy atom. The lowest BCUT2D eigenvalue weighted by atomic mass is 10.2. The first-order valence-corrected chi connectivity index (χ1v) is 6.41. The van der Waals surface area contributed by atoms with Gasteiger partial charge < -0.3 is 20.4 Å². The van der Waals surface area contributed by atoms with E-state index in [1.807, 2.05) is 0 Å². The lowest BCUT2D eigenvalue weighted by Gasteiger charge is -2.35. The first-order valence-electron chi connectivity index (χ1n) is 6.41. The number of nitrogens with one attached hydrogen (secondary N) is 1. The van der Waals surface area contributed by atoms with Crippen LogP contribution in [0, 0.1) is 0 Å². The maximum Gasteiger partial charge on any atom is 0.401 e. The molecule has 0 aromatic heterocycles. The van der Waals surface area contributed by atoms with Crippen molar-refractivity contribution < 1.29 is 33.0 Å². The van der Waals surface area contributed by atoms with Crippen LogP contribution in [0.25, 0.3) is 0 Å². The van der Waals surface area contributed by atoms with E-state index in [9.17, 15) is 22.8 Å². The molecule has 1 saturated heterocycles. The van der Waals surface area contributed by atoms with E-state index in [1.54, 1.807) is 0 Å². The number of halogens is 3. The van der Waals surface area contributed by atoms with Gasteiger partial charge >= 0.3 is 18.2 Å². The summed E-state index contributed by atoms with van der Waals surface area (Å²) in [5, 5.41) is 19.8. The highest BCUT2D eigenvalue weighted by molar-refractivity contribution is 5.82. The molecule has 0 aliphatic carbocycles. The highest BCUT2D eigenvalue weighted by atomic mass is 19.4. The summed E-state index contributed by atoms with van der Waals surface area (Å²) >= 11 is 0. The van der Waals surface area contributed by atoms with Crippen LogP contribution in [0.5, 0.6) is 0 Å². The summed E-state index contributed by atoms with van der Waals surface area (Å²) in [6.07, 6.45) is -4.41. The lowest BCUT2D eigenvalue weighted by molar-refractivity contribution is -0.148. The highest BCUT2D eigenvalue weighted by Crippen LogP contribution is 2.17. The van der Waals surface area contributed by atoms with Crippen LogP contribution in [0.3, 0.4) is 0 Å². The molecule has 3 N–H and O–H groups in total. The summed E-state index contributed by atoms with van der Waals surface area (Å²) in [5.41, 5.74) is 0. The predicted molar refractivity (Wildman–Crippen MR) is 65.7 cm³/mol. The summed E-state index contributed by atoms with van der Waals surface area (Å²) in [6.45, 7) is -1.09. The Bertz CT molecular complexity index is 370. The van der Waals surface area contributed by atoms with Crippen molar-refractivity contribution in [2.75, 3.05) is 39.3 Å². The highest BCUT2D eigenvalue weighted by Gasteiger charge is 2.33. The Morgan fingerprint density at radius 2 is 1.76 bits per heavy atom. The number of carboxylic acids is 1. The summed E-state index contributed by atoms with van der Waals surface area (Å²) in [4.78, 5) is 25.1. The number of carboxylic acid groups (broad SMARTS) is 1. The number of rotatable bonds is 5. The van der Waals surface area contributed by atoms with Crippen LogP contribution >= 0.6 is 0 Å². The predicted octanol–water partition coefficient (Wildman–Crippen LogP) is -0.288. The van der Waals surface area contributed by atoms with Crippen molar-refractivity contribution >= 4 is 12.0 Å². The zero-order valence-electron chi connectivity index (χ0n) is 11.3. The molecule has 1 fully saturated rings. The molecule has 1 heterocycles. The number of carbonyl (C=O) groups excluding carboxylic acids is 1. The maximum absolute atomic E-state index is 12.2. The summed E-state index contributed by atoms with van der Waals surface area (Å²) < 4.78 is 36.7. The lowest BCUT2D eigenvalue weighted by Crippen LogP contribution is -2.55. The number of hydrogen-bond acceptors (Lipinski definition) is 4. The third-order valence-corrected chi connectivity index (χ3v) is 3.08. The van der Waals surface area contributed by atoms with Gasteiger partial charge in [-0.3, -0.25) is 4.90 Å². The molecular formula is C11H18F3N3O4. The molecule has 21 heavy (non-hydrogen) atoms. The largest absolute Gasteiger partial charge is 0.480 e. The average molecular weight is 313 g/mol. The Morgan fingerprint density at radius 3 is 2.19 bits per heavy atom. The summed E-state index contributed by atoms with van der Waals surface area (Å²) in [5.74, 6) is -1.27. The van der Waals surface area contributed by atoms with E-state index in [0.29, 0.717) is 0 Å². The van der Waals surface area contributed by atoms with Crippen LogP contribution in [0.1, 0.15) is 6.42 Å². The minimum absolute atomic E-state index is 0.0741. The van der Waals surface area contributed by atoms with Gasteiger partial charge in [0.2, 0.25) is 0 Å². The topological polar surface area (TPSA) is 93.1 Å². The average Bonchev–Trinajstić information content (AvgIpc) is 2.36. The Kier molecular flexibility index (Phi) is 6.21. The van der Waals surface area contributed by atoms with Crippen molar-refractivity contribution in [1.29, 1.82) is 0 Å². The molecule has 0 aromatic rings. The molecule has 2 amide bonds. The number of urea groups is 1. The number of piperazine rings is 1. The molecule has 1 aliphatic rings. The van der Waals surface area contributed by atoms with E-state index >= 15 is 0 Å². The molecule has 1 unspecified atom stereocenters. The minimum Gasteiger partial charge on any atom is -0.480 e. The first kappa shape index (κ1) is 17.5. The van der Waals surface area contributed by atoms with Gasteiger partial charge in [-0.05, 0) is 0 Å². The van der Waals surface area contributed by atoms with Crippen molar-refractivity contribution in [3.63, 3.8) is 0 Å².